The van der Waals surface area contributed by atoms with Crippen LogP contribution in [0.1, 0.15) is 39.2 Å². The third-order valence-electron chi connectivity index (χ3n) is 2.99. The molecule has 4 N–H and O–H groups in total. The summed E-state index contributed by atoms with van der Waals surface area (Å²) in [5.74, 6) is -0.284. The first-order chi connectivity index (χ1) is 9.35. The minimum absolute atomic E-state index is 0. The third-order valence-corrected chi connectivity index (χ3v) is 2.99. The van der Waals surface area contributed by atoms with Crippen molar-refractivity contribution in [2.45, 2.75) is 45.7 Å². The number of rotatable bonds is 6. The van der Waals surface area contributed by atoms with E-state index >= 15 is 0 Å². The quantitative estimate of drug-likeness (QED) is 0.752. The van der Waals surface area contributed by atoms with Gasteiger partial charge in [-0.1, -0.05) is 25.5 Å². The SMILES string of the molecule is CCCC(C)(N)C(=O)NCc1cccc(NC(C)=O)c1.Cl. The van der Waals surface area contributed by atoms with Crippen molar-refractivity contribution in [2.24, 2.45) is 5.73 Å². The zero-order chi connectivity index (χ0) is 15.2. The van der Waals surface area contributed by atoms with E-state index in [0.717, 1.165) is 12.0 Å². The van der Waals surface area contributed by atoms with E-state index in [1.54, 1.807) is 13.0 Å². The number of nitrogens with two attached hydrogens (primary N) is 1. The van der Waals surface area contributed by atoms with Crippen molar-refractivity contribution in [1.29, 1.82) is 0 Å². The van der Waals surface area contributed by atoms with Crippen LogP contribution >= 0.6 is 12.4 Å². The highest BCUT2D eigenvalue weighted by Gasteiger charge is 2.26. The second kappa shape index (κ2) is 8.64. The van der Waals surface area contributed by atoms with Crippen LogP contribution in [0.4, 0.5) is 5.69 Å². The summed E-state index contributed by atoms with van der Waals surface area (Å²) < 4.78 is 0. The monoisotopic (exact) mass is 313 g/mol. The molecule has 21 heavy (non-hydrogen) atoms. The molecule has 118 valence electrons. The lowest BCUT2D eigenvalue weighted by Crippen LogP contribution is -2.51. The molecule has 0 saturated heterocycles. The van der Waals surface area contributed by atoms with Crippen LogP contribution in [0.5, 0.6) is 0 Å². The molecule has 0 saturated carbocycles. The third kappa shape index (κ3) is 6.60. The Morgan fingerprint density at radius 1 is 1.33 bits per heavy atom. The van der Waals surface area contributed by atoms with Crippen LogP contribution in [-0.4, -0.2) is 17.4 Å². The molecule has 0 bridgehead atoms. The maximum atomic E-state index is 12.0. The predicted octanol–water partition coefficient (Wildman–Crippen LogP) is 2.20. The van der Waals surface area contributed by atoms with E-state index in [1.807, 2.05) is 25.1 Å². The largest absolute Gasteiger partial charge is 0.350 e. The molecule has 0 aliphatic heterocycles. The van der Waals surface area contributed by atoms with Gasteiger partial charge in [-0.25, -0.2) is 0 Å². The molecule has 1 aromatic carbocycles. The topological polar surface area (TPSA) is 84.2 Å². The molecule has 0 heterocycles. The lowest BCUT2D eigenvalue weighted by Gasteiger charge is -2.22. The average Bonchev–Trinajstić information content (AvgIpc) is 2.35. The fourth-order valence-corrected chi connectivity index (χ4v) is 1.98. The van der Waals surface area contributed by atoms with Crippen LogP contribution in [0.2, 0.25) is 0 Å². The Balaban J connectivity index is 0.00000400. The van der Waals surface area contributed by atoms with Gasteiger partial charge in [-0.3, -0.25) is 9.59 Å². The van der Waals surface area contributed by atoms with E-state index in [0.29, 0.717) is 18.7 Å². The number of halogens is 1. The smallest absolute Gasteiger partial charge is 0.240 e. The van der Waals surface area contributed by atoms with Gasteiger partial charge >= 0.3 is 0 Å². The van der Waals surface area contributed by atoms with Crippen LogP contribution in [0.25, 0.3) is 0 Å². The number of anilines is 1. The molecule has 0 spiro atoms. The van der Waals surface area contributed by atoms with Crippen molar-refractivity contribution in [3.63, 3.8) is 0 Å². The number of carbonyl (C=O) groups excluding carboxylic acids is 2. The maximum absolute atomic E-state index is 12.0. The van der Waals surface area contributed by atoms with Crippen LogP contribution in [0.15, 0.2) is 24.3 Å². The lowest BCUT2D eigenvalue weighted by molar-refractivity contribution is -0.126. The van der Waals surface area contributed by atoms with Crippen LogP contribution < -0.4 is 16.4 Å². The van der Waals surface area contributed by atoms with Gasteiger partial charge in [0.05, 0.1) is 5.54 Å². The molecule has 6 heteroatoms. The lowest BCUT2D eigenvalue weighted by atomic mass is 9.96. The molecule has 1 aromatic rings. The highest BCUT2D eigenvalue weighted by atomic mass is 35.5. The second-order valence-electron chi connectivity index (χ2n) is 5.23. The van der Waals surface area contributed by atoms with Crippen LogP contribution in [0.3, 0.4) is 0 Å². The Labute approximate surface area is 132 Å². The average molecular weight is 314 g/mol. The molecule has 2 amide bonds. The van der Waals surface area contributed by atoms with Gasteiger partial charge in [0.25, 0.3) is 0 Å². The second-order valence-corrected chi connectivity index (χ2v) is 5.23. The van der Waals surface area contributed by atoms with Crippen molar-refractivity contribution < 1.29 is 9.59 Å². The summed E-state index contributed by atoms with van der Waals surface area (Å²) in [5.41, 5.74) is 6.75. The molecule has 0 fully saturated rings. The summed E-state index contributed by atoms with van der Waals surface area (Å²) in [6, 6.07) is 7.35. The van der Waals surface area contributed by atoms with Crippen molar-refractivity contribution in [3.8, 4) is 0 Å². The van der Waals surface area contributed by atoms with Crippen molar-refractivity contribution in [2.75, 3.05) is 5.32 Å². The maximum Gasteiger partial charge on any atom is 0.240 e. The van der Waals surface area contributed by atoms with Gasteiger partial charge in [0, 0.05) is 19.2 Å². The molecular formula is C15H24ClN3O2. The summed E-state index contributed by atoms with van der Waals surface area (Å²) in [4.78, 5) is 23.0. The van der Waals surface area contributed by atoms with Crippen molar-refractivity contribution in [3.05, 3.63) is 29.8 Å². The first kappa shape index (κ1) is 19.4. The molecule has 1 rings (SSSR count). The molecule has 0 aliphatic rings. The predicted molar refractivity (Wildman–Crippen MR) is 87.3 cm³/mol. The van der Waals surface area contributed by atoms with E-state index < -0.39 is 5.54 Å². The molecule has 1 atom stereocenters. The standard InChI is InChI=1S/C15H23N3O2.ClH/c1-4-8-15(3,16)14(20)17-10-12-6-5-7-13(9-12)18-11(2)19;/h5-7,9H,4,8,10,16H2,1-3H3,(H,17,20)(H,18,19);1H. The highest BCUT2D eigenvalue weighted by Crippen LogP contribution is 2.12. The minimum atomic E-state index is -0.843. The molecule has 0 aromatic heterocycles. The molecule has 1 unspecified atom stereocenters. The Morgan fingerprint density at radius 3 is 2.57 bits per heavy atom. The van der Waals surface area contributed by atoms with E-state index in [4.69, 9.17) is 5.73 Å². The number of nitrogens with one attached hydrogen (secondary N) is 2. The summed E-state index contributed by atoms with van der Waals surface area (Å²) in [6.45, 7) is 5.58. The Bertz CT molecular complexity index is 490. The summed E-state index contributed by atoms with van der Waals surface area (Å²) >= 11 is 0. The first-order valence-electron chi connectivity index (χ1n) is 6.79. The number of carbonyl (C=O) groups is 2. The fourth-order valence-electron chi connectivity index (χ4n) is 1.98. The van der Waals surface area contributed by atoms with Gasteiger partial charge in [-0.2, -0.15) is 0 Å². The number of hydrogen-bond donors (Lipinski definition) is 3. The zero-order valence-corrected chi connectivity index (χ0v) is 13.5. The Kier molecular flexibility index (Phi) is 7.99. The van der Waals surface area contributed by atoms with E-state index in [2.05, 4.69) is 10.6 Å². The van der Waals surface area contributed by atoms with Crippen LogP contribution in [0, 0.1) is 0 Å². The number of hydrogen-bond acceptors (Lipinski definition) is 3. The minimum Gasteiger partial charge on any atom is -0.350 e. The van der Waals surface area contributed by atoms with E-state index in [1.165, 1.54) is 6.92 Å². The fraction of sp³-hybridized carbons (Fsp3) is 0.467. The van der Waals surface area contributed by atoms with Crippen LogP contribution in [-0.2, 0) is 16.1 Å². The highest BCUT2D eigenvalue weighted by molar-refractivity contribution is 5.88. The Morgan fingerprint density at radius 2 is 2.00 bits per heavy atom. The van der Waals surface area contributed by atoms with Gasteiger partial charge in [0.1, 0.15) is 0 Å². The Hall–Kier alpha value is -1.59. The van der Waals surface area contributed by atoms with Gasteiger partial charge in [-0.15, -0.1) is 12.4 Å². The van der Waals surface area contributed by atoms with E-state index in [9.17, 15) is 9.59 Å². The van der Waals surface area contributed by atoms with Crippen molar-refractivity contribution in [1.82, 2.24) is 5.32 Å². The number of benzene rings is 1. The summed E-state index contributed by atoms with van der Waals surface area (Å²) in [5, 5.41) is 5.53. The molecule has 0 radical (unpaired) electrons. The van der Waals surface area contributed by atoms with E-state index in [-0.39, 0.29) is 24.2 Å². The first-order valence-corrected chi connectivity index (χ1v) is 6.79. The van der Waals surface area contributed by atoms with Gasteiger partial charge in [-0.05, 0) is 31.0 Å². The summed E-state index contributed by atoms with van der Waals surface area (Å²) in [6.07, 6.45) is 1.50. The zero-order valence-electron chi connectivity index (χ0n) is 12.7. The van der Waals surface area contributed by atoms with Crippen molar-refractivity contribution >= 4 is 29.9 Å². The molecule has 5 nitrogen and oxygen atoms in total. The molecular weight excluding hydrogens is 290 g/mol. The molecule has 0 aliphatic carbocycles. The van der Waals surface area contributed by atoms with Gasteiger partial charge in [0.2, 0.25) is 11.8 Å². The normalized spacial score (nSPS) is 12.8. The number of amides is 2. The van der Waals surface area contributed by atoms with Gasteiger partial charge < -0.3 is 16.4 Å². The van der Waals surface area contributed by atoms with Gasteiger partial charge in [0.15, 0.2) is 0 Å². The summed E-state index contributed by atoms with van der Waals surface area (Å²) in [7, 11) is 0.